The predicted octanol–water partition coefficient (Wildman–Crippen LogP) is 2.67. The second-order valence-corrected chi connectivity index (χ2v) is 9.00. The Bertz CT molecular complexity index is 1300. The third kappa shape index (κ3) is 2.93. The molecule has 2 N–H and O–H groups in total. The second-order valence-electron chi connectivity index (χ2n) is 7.07. The van der Waals surface area contributed by atoms with E-state index < -0.39 is 15.9 Å². The van der Waals surface area contributed by atoms with Crippen molar-refractivity contribution in [2.75, 3.05) is 32.7 Å². The molecule has 166 valence electrons. The number of methoxy groups -OCH3 is 3. The fourth-order valence-corrected chi connectivity index (χ4v) is 5.65. The summed E-state index contributed by atoms with van der Waals surface area (Å²) in [6.45, 7) is 0. The van der Waals surface area contributed by atoms with Crippen molar-refractivity contribution in [2.45, 2.75) is 5.92 Å². The van der Waals surface area contributed by atoms with E-state index in [9.17, 15) is 13.7 Å². The maximum Gasteiger partial charge on any atom is 0.264 e. The minimum absolute atomic E-state index is 0.0330. The molecule has 0 spiro atoms. The lowest BCUT2D eigenvalue weighted by atomic mass is 9.87. The van der Waals surface area contributed by atoms with Crippen LogP contribution in [0.25, 0.3) is 5.76 Å². The molecule has 10 heteroatoms. The van der Waals surface area contributed by atoms with E-state index in [0.29, 0.717) is 34.1 Å². The van der Waals surface area contributed by atoms with Crippen LogP contribution in [0.2, 0.25) is 0 Å². The van der Waals surface area contributed by atoms with E-state index >= 15 is 0 Å². The summed E-state index contributed by atoms with van der Waals surface area (Å²) >= 11 is 0. The molecule has 0 unspecified atom stereocenters. The van der Waals surface area contributed by atoms with Gasteiger partial charge >= 0.3 is 0 Å². The van der Waals surface area contributed by atoms with Gasteiger partial charge in [0.15, 0.2) is 17.3 Å². The first-order chi connectivity index (χ1) is 15.3. The Hall–Kier alpha value is -3.84. The van der Waals surface area contributed by atoms with Gasteiger partial charge in [0.2, 0.25) is 11.6 Å². The first kappa shape index (κ1) is 21.4. The molecule has 1 atom stereocenters. The van der Waals surface area contributed by atoms with Crippen LogP contribution in [-0.4, -0.2) is 36.8 Å². The number of anilines is 1. The number of nitrogens with two attached hydrogens (primary N) is 1. The van der Waals surface area contributed by atoms with Gasteiger partial charge in [-0.2, -0.15) is 5.26 Å². The van der Waals surface area contributed by atoms with Crippen molar-refractivity contribution in [2.24, 2.45) is 5.73 Å². The largest absolute Gasteiger partial charge is 0.493 e. The molecule has 0 saturated carbocycles. The number of para-hydroxylation sites is 1. The molecule has 4 rings (SSSR count). The summed E-state index contributed by atoms with van der Waals surface area (Å²) in [5.74, 6) is -0.155. The molecule has 9 nitrogen and oxygen atoms in total. The molecule has 0 bridgehead atoms. The fraction of sp³-hybridized carbons (Fsp3) is 0.227. The van der Waals surface area contributed by atoms with Crippen LogP contribution in [0.1, 0.15) is 17.0 Å². The quantitative estimate of drug-likeness (QED) is 0.746. The summed E-state index contributed by atoms with van der Waals surface area (Å²) < 4.78 is 50.4. The number of sulfonamides is 1. The first-order valence-corrected chi connectivity index (χ1v) is 10.9. The molecular weight excluding hydrogens is 434 g/mol. The van der Waals surface area contributed by atoms with Crippen molar-refractivity contribution in [3.63, 3.8) is 0 Å². The third-order valence-corrected chi connectivity index (χ3v) is 7.41. The number of nitrogens with zero attached hydrogens (tertiary/aromatic N) is 2. The van der Waals surface area contributed by atoms with E-state index in [0.717, 1.165) is 0 Å². The second kappa shape index (κ2) is 7.69. The van der Waals surface area contributed by atoms with Crippen molar-refractivity contribution >= 4 is 21.5 Å². The van der Waals surface area contributed by atoms with Gasteiger partial charge in [-0.1, -0.05) is 12.1 Å². The van der Waals surface area contributed by atoms with Crippen LogP contribution in [0.4, 0.5) is 5.69 Å². The standard InChI is InChI=1S/C22H21N3O6S/c1-25-15-8-6-5-7-13(15)19-21(32(25,26)27)18(14(11-23)22(24)31-19)12-9-16(28-2)20(30-4)17(10-12)29-3/h5-10,18H,24H2,1-4H3/t18-/m0/s1. The molecule has 0 amide bonds. The summed E-state index contributed by atoms with van der Waals surface area (Å²) in [5.41, 5.74) is 7.50. The van der Waals surface area contributed by atoms with Gasteiger partial charge < -0.3 is 24.7 Å². The molecule has 0 saturated heterocycles. The van der Waals surface area contributed by atoms with E-state index in [4.69, 9.17) is 24.7 Å². The Balaban J connectivity index is 2.08. The lowest BCUT2D eigenvalue weighted by molar-refractivity contribution is 0.323. The Labute approximate surface area is 185 Å². The Kier molecular flexibility index (Phi) is 5.14. The Morgan fingerprint density at radius 3 is 2.28 bits per heavy atom. The van der Waals surface area contributed by atoms with E-state index in [1.165, 1.54) is 32.7 Å². The summed E-state index contributed by atoms with van der Waals surface area (Å²) in [4.78, 5) is -0.0845. The summed E-state index contributed by atoms with van der Waals surface area (Å²) in [6.07, 6.45) is 0. The van der Waals surface area contributed by atoms with Crippen molar-refractivity contribution in [3.05, 3.63) is 63.9 Å². The highest BCUT2D eigenvalue weighted by molar-refractivity contribution is 7.96. The van der Waals surface area contributed by atoms with Gasteiger partial charge in [-0.15, -0.1) is 0 Å². The highest BCUT2D eigenvalue weighted by Crippen LogP contribution is 2.52. The average molecular weight is 455 g/mol. The van der Waals surface area contributed by atoms with Crippen molar-refractivity contribution < 1.29 is 27.4 Å². The van der Waals surface area contributed by atoms with Gasteiger partial charge in [0.25, 0.3) is 10.0 Å². The normalized spacial score (nSPS) is 18.8. The van der Waals surface area contributed by atoms with Crippen LogP contribution < -0.4 is 24.2 Å². The maximum absolute atomic E-state index is 13.6. The topological polar surface area (TPSA) is 124 Å². The number of ether oxygens (including phenoxy) is 4. The van der Waals surface area contributed by atoms with E-state index in [1.807, 2.05) is 6.07 Å². The minimum Gasteiger partial charge on any atom is -0.493 e. The molecular formula is C22H21N3O6S. The molecule has 2 aliphatic heterocycles. The minimum atomic E-state index is -4.06. The van der Waals surface area contributed by atoms with Gasteiger partial charge in [-0.3, -0.25) is 4.31 Å². The zero-order valence-corrected chi connectivity index (χ0v) is 18.7. The van der Waals surface area contributed by atoms with Gasteiger partial charge in [0.05, 0.1) is 32.9 Å². The number of rotatable bonds is 4. The summed E-state index contributed by atoms with van der Waals surface area (Å²) in [6, 6.07) is 12.1. The van der Waals surface area contributed by atoms with Crippen LogP contribution in [0.15, 0.2) is 52.8 Å². The van der Waals surface area contributed by atoms with Crippen molar-refractivity contribution in [1.82, 2.24) is 0 Å². The SMILES string of the molecule is COc1cc([C@H]2C(C#N)=C(N)OC3=C2S(=O)(=O)N(C)c2ccccc23)cc(OC)c1OC. The third-order valence-electron chi connectivity index (χ3n) is 5.52. The van der Waals surface area contributed by atoms with Crippen LogP contribution >= 0.6 is 0 Å². The number of fused-ring (bicyclic) bond motifs is 2. The highest BCUT2D eigenvalue weighted by atomic mass is 32.2. The molecule has 0 fully saturated rings. The first-order valence-electron chi connectivity index (χ1n) is 9.50. The molecule has 0 aliphatic carbocycles. The summed E-state index contributed by atoms with van der Waals surface area (Å²) in [5, 5.41) is 9.88. The van der Waals surface area contributed by atoms with Crippen molar-refractivity contribution in [3.8, 4) is 23.3 Å². The van der Waals surface area contributed by atoms with Gasteiger partial charge in [0, 0.05) is 12.6 Å². The zero-order valence-electron chi connectivity index (χ0n) is 17.9. The molecule has 0 radical (unpaired) electrons. The predicted molar refractivity (Wildman–Crippen MR) is 117 cm³/mol. The van der Waals surface area contributed by atoms with E-state index in [2.05, 4.69) is 0 Å². The Morgan fingerprint density at radius 2 is 1.72 bits per heavy atom. The van der Waals surface area contributed by atoms with Crippen LogP contribution in [0.3, 0.4) is 0 Å². The molecule has 32 heavy (non-hydrogen) atoms. The lowest BCUT2D eigenvalue weighted by Gasteiger charge is -2.36. The van der Waals surface area contributed by atoms with Crippen LogP contribution in [-0.2, 0) is 14.8 Å². The van der Waals surface area contributed by atoms with Gasteiger partial charge in [0.1, 0.15) is 16.5 Å². The van der Waals surface area contributed by atoms with E-state index in [1.54, 1.807) is 36.4 Å². The summed E-state index contributed by atoms with van der Waals surface area (Å²) in [7, 11) is 1.76. The maximum atomic E-state index is 13.6. The fourth-order valence-electron chi connectivity index (χ4n) is 4.00. The lowest BCUT2D eigenvalue weighted by Crippen LogP contribution is -2.37. The smallest absolute Gasteiger partial charge is 0.264 e. The highest BCUT2D eigenvalue weighted by Gasteiger charge is 2.46. The number of benzene rings is 2. The molecule has 0 aromatic heterocycles. The molecule has 2 aromatic carbocycles. The number of hydrogen-bond acceptors (Lipinski definition) is 8. The average Bonchev–Trinajstić information content (AvgIpc) is 2.80. The van der Waals surface area contributed by atoms with Gasteiger partial charge in [-0.05, 0) is 29.8 Å². The number of nitriles is 1. The number of hydrogen-bond donors (Lipinski definition) is 1. The van der Waals surface area contributed by atoms with Gasteiger partial charge in [-0.25, -0.2) is 8.42 Å². The molecule has 2 heterocycles. The van der Waals surface area contributed by atoms with Crippen LogP contribution in [0.5, 0.6) is 17.2 Å². The number of allylic oxidation sites excluding steroid dienone is 2. The van der Waals surface area contributed by atoms with E-state index in [-0.39, 0.29) is 22.1 Å². The molecule has 2 aliphatic rings. The van der Waals surface area contributed by atoms with Crippen LogP contribution in [0, 0.1) is 11.3 Å². The zero-order chi connectivity index (χ0) is 23.2. The monoisotopic (exact) mass is 455 g/mol. The molecule has 2 aromatic rings. The Morgan fingerprint density at radius 1 is 1.09 bits per heavy atom. The van der Waals surface area contributed by atoms with Crippen molar-refractivity contribution in [1.29, 1.82) is 5.26 Å².